The highest BCUT2D eigenvalue weighted by Gasteiger charge is 2.14. The number of H-pyrrole nitrogens is 1. The molecule has 1 amide bonds. The molecule has 6 nitrogen and oxygen atoms in total. The fraction of sp³-hybridized carbons (Fsp3) is 0.263. The van der Waals surface area contributed by atoms with Crippen LogP contribution in [0.25, 0.3) is 10.9 Å². The van der Waals surface area contributed by atoms with Crippen LogP contribution in [0.5, 0.6) is 11.5 Å². The Labute approximate surface area is 146 Å². The van der Waals surface area contributed by atoms with E-state index in [1.54, 1.807) is 14.2 Å². The molecule has 0 fully saturated rings. The van der Waals surface area contributed by atoms with Crippen molar-refractivity contribution in [1.29, 1.82) is 0 Å². The van der Waals surface area contributed by atoms with E-state index in [0.29, 0.717) is 30.2 Å². The van der Waals surface area contributed by atoms with Crippen LogP contribution in [0.15, 0.2) is 36.4 Å². The summed E-state index contributed by atoms with van der Waals surface area (Å²) in [6, 6.07) is 11.6. The molecule has 0 bridgehead atoms. The summed E-state index contributed by atoms with van der Waals surface area (Å²) in [4.78, 5) is 12.4. The predicted octanol–water partition coefficient (Wildman–Crippen LogP) is 2.86. The summed E-state index contributed by atoms with van der Waals surface area (Å²) >= 11 is 0. The van der Waals surface area contributed by atoms with E-state index in [2.05, 4.69) is 15.5 Å². The number of aromatic amines is 1. The number of nitrogens with zero attached hydrogens (tertiary/aromatic N) is 1. The van der Waals surface area contributed by atoms with Gasteiger partial charge in [0.15, 0.2) is 17.2 Å². The third-order valence-corrected chi connectivity index (χ3v) is 4.08. The molecule has 0 aliphatic rings. The molecule has 0 aliphatic carbocycles. The van der Waals surface area contributed by atoms with Crippen LogP contribution in [0.1, 0.15) is 21.6 Å². The van der Waals surface area contributed by atoms with Crippen LogP contribution in [0.4, 0.5) is 0 Å². The van der Waals surface area contributed by atoms with Gasteiger partial charge in [0.05, 0.1) is 19.7 Å². The molecule has 0 atom stereocenters. The van der Waals surface area contributed by atoms with Crippen molar-refractivity contribution in [2.45, 2.75) is 13.3 Å². The first-order chi connectivity index (χ1) is 12.1. The van der Waals surface area contributed by atoms with Gasteiger partial charge in [0, 0.05) is 11.9 Å². The molecule has 2 aromatic carbocycles. The SMILES string of the molecule is COc1ccc(CCNC(=O)c2n[nH]c3ccc(C)cc23)cc1OC. The van der Waals surface area contributed by atoms with Crippen LogP contribution in [-0.4, -0.2) is 36.9 Å². The van der Waals surface area contributed by atoms with Crippen LogP contribution in [0.2, 0.25) is 0 Å². The van der Waals surface area contributed by atoms with Crippen LogP contribution in [0, 0.1) is 6.92 Å². The fourth-order valence-corrected chi connectivity index (χ4v) is 2.74. The molecule has 0 spiro atoms. The van der Waals surface area contributed by atoms with Crippen molar-refractivity contribution in [3.8, 4) is 11.5 Å². The number of carbonyl (C=O) groups is 1. The standard InChI is InChI=1S/C19H21N3O3/c1-12-4-6-15-14(10-12)18(22-21-15)19(23)20-9-8-13-5-7-16(24-2)17(11-13)25-3/h4-7,10-11H,8-9H2,1-3H3,(H,20,23)(H,21,22). The van der Waals surface area contributed by atoms with Crippen molar-refractivity contribution in [2.75, 3.05) is 20.8 Å². The summed E-state index contributed by atoms with van der Waals surface area (Å²) < 4.78 is 10.5. The molecule has 3 aromatic rings. The Morgan fingerprint density at radius 3 is 2.68 bits per heavy atom. The number of ether oxygens (including phenoxy) is 2. The molecule has 3 rings (SSSR count). The molecule has 2 N–H and O–H groups in total. The van der Waals surface area contributed by atoms with Crippen LogP contribution >= 0.6 is 0 Å². The molecular weight excluding hydrogens is 318 g/mol. The number of carbonyl (C=O) groups excluding carboxylic acids is 1. The zero-order chi connectivity index (χ0) is 17.8. The van der Waals surface area contributed by atoms with E-state index in [1.807, 2.05) is 43.3 Å². The van der Waals surface area contributed by atoms with E-state index in [9.17, 15) is 4.79 Å². The molecule has 0 aliphatic heterocycles. The second-order valence-corrected chi connectivity index (χ2v) is 5.82. The van der Waals surface area contributed by atoms with Gasteiger partial charge >= 0.3 is 0 Å². The van der Waals surface area contributed by atoms with E-state index in [1.165, 1.54) is 0 Å². The summed E-state index contributed by atoms with van der Waals surface area (Å²) in [6.45, 7) is 2.50. The van der Waals surface area contributed by atoms with Gasteiger partial charge in [0.1, 0.15) is 0 Å². The zero-order valence-electron chi connectivity index (χ0n) is 14.6. The van der Waals surface area contributed by atoms with E-state index >= 15 is 0 Å². The Hall–Kier alpha value is -3.02. The maximum atomic E-state index is 12.4. The number of amides is 1. The van der Waals surface area contributed by atoms with Gasteiger partial charge in [-0.3, -0.25) is 9.89 Å². The highest BCUT2D eigenvalue weighted by Crippen LogP contribution is 2.27. The molecule has 0 saturated carbocycles. The molecule has 0 unspecified atom stereocenters. The Kier molecular flexibility index (Phi) is 4.88. The molecule has 6 heteroatoms. The van der Waals surface area contributed by atoms with Gasteiger partial charge in [-0.2, -0.15) is 5.10 Å². The third-order valence-electron chi connectivity index (χ3n) is 4.08. The van der Waals surface area contributed by atoms with Gasteiger partial charge in [-0.15, -0.1) is 0 Å². The van der Waals surface area contributed by atoms with Crippen LogP contribution < -0.4 is 14.8 Å². The summed E-state index contributed by atoms with van der Waals surface area (Å²) in [6.07, 6.45) is 0.688. The van der Waals surface area contributed by atoms with E-state index < -0.39 is 0 Å². The number of methoxy groups -OCH3 is 2. The number of rotatable bonds is 6. The maximum absolute atomic E-state index is 12.4. The molecule has 25 heavy (non-hydrogen) atoms. The molecule has 130 valence electrons. The highest BCUT2D eigenvalue weighted by atomic mass is 16.5. The van der Waals surface area contributed by atoms with Crippen LogP contribution in [0.3, 0.4) is 0 Å². The third kappa shape index (κ3) is 3.57. The predicted molar refractivity (Wildman–Crippen MR) is 96.4 cm³/mol. The fourth-order valence-electron chi connectivity index (χ4n) is 2.74. The smallest absolute Gasteiger partial charge is 0.272 e. The van der Waals surface area contributed by atoms with Crippen molar-refractivity contribution in [2.24, 2.45) is 0 Å². The highest BCUT2D eigenvalue weighted by molar-refractivity contribution is 6.04. The van der Waals surface area contributed by atoms with Gasteiger partial charge in [-0.05, 0) is 43.2 Å². The molecule has 1 heterocycles. The first-order valence-electron chi connectivity index (χ1n) is 8.06. The number of hydrogen-bond donors (Lipinski definition) is 2. The minimum absolute atomic E-state index is 0.183. The lowest BCUT2D eigenvalue weighted by atomic mass is 10.1. The van der Waals surface area contributed by atoms with Crippen molar-refractivity contribution in [3.63, 3.8) is 0 Å². The first-order valence-corrected chi connectivity index (χ1v) is 8.06. The lowest BCUT2D eigenvalue weighted by Crippen LogP contribution is -2.26. The Bertz CT molecular complexity index is 902. The molecular formula is C19H21N3O3. The minimum atomic E-state index is -0.183. The summed E-state index contributed by atoms with van der Waals surface area (Å²) in [5.74, 6) is 1.19. The minimum Gasteiger partial charge on any atom is -0.493 e. The number of nitrogens with one attached hydrogen (secondary N) is 2. The average molecular weight is 339 g/mol. The Balaban J connectivity index is 1.65. The molecule has 0 radical (unpaired) electrons. The number of benzene rings is 2. The van der Waals surface area contributed by atoms with Gasteiger partial charge in [0.2, 0.25) is 0 Å². The first kappa shape index (κ1) is 16.8. The Morgan fingerprint density at radius 1 is 1.12 bits per heavy atom. The van der Waals surface area contributed by atoms with Gasteiger partial charge in [0.25, 0.3) is 5.91 Å². The van der Waals surface area contributed by atoms with E-state index in [-0.39, 0.29) is 5.91 Å². The van der Waals surface area contributed by atoms with Crippen molar-refractivity contribution >= 4 is 16.8 Å². The number of fused-ring (bicyclic) bond motifs is 1. The molecule has 0 saturated heterocycles. The second-order valence-electron chi connectivity index (χ2n) is 5.82. The number of aryl methyl sites for hydroxylation is 1. The number of aromatic nitrogens is 2. The van der Waals surface area contributed by atoms with Crippen molar-refractivity contribution in [1.82, 2.24) is 15.5 Å². The second kappa shape index (κ2) is 7.25. The van der Waals surface area contributed by atoms with Crippen molar-refractivity contribution in [3.05, 3.63) is 53.2 Å². The normalized spacial score (nSPS) is 10.7. The average Bonchev–Trinajstić information content (AvgIpc) is 3.04. The largest absolute Gasteiger partial charge is 0.493 e. The summed E-state index contributed by atoms with van der Waals surface area (Å²) in [7, 11) is 3.21. The van der Waals surface area contributed by atoms with Gasteiger partial charge in [-0.1, -0.05) is 17.7 Å². The van der Waals surface area contributed by atoms with E-state index in [0.717, 1.165) is 22.0 Å². The van der Waals surface area contributed by atoms with Gasteiger partial charge < -0.3 is 14.8 Å². The maximum Gasteiger partial charge on any atom is 0.272 e. The topological polar surface area (TPSA) is 76.2 Å². The lowest BCUT2D eigenvalue weighted by Gasteiger charge is -2.10. The Morgan fingerprint density at radius 2 is 1.92 bits per heavy atom. The summed E-state index contributed by atoms with van der Waals surface area (Å²) in [5.41, 5.74) is 3.43. The van der Waals surface area contributed by atoms with Crippen LogP contribution in [-0.2, 0) is 6.42 Å². The van der Waals surface area contributed by atoms with Gasteiger partial charge in [-0.25, -0.2) is 0 Å². The lowest BCUT2D eigenvalue weighted by molar-refractivity contribution is 0.0950. The quantitative estimate of drug-likeness (QED) is 0.724. The number of hydrogen-bond acceptors (Lipinski definition) is 4. The monoisotopic (exact) mass is 339 g/mol. The van der Waals surface area contributed by atoms with E-state index in [4.69, 9.17) is 9.47 Å². The molecule has 1 aromatic heterocycles. The summed E-state index contributed by atoms with van der Waals surface area (Å²) in [5, 5.41) is 10.8. The van der Waals surface area contributed by atoms with Crippen molar-refractivity contribution < 1.29 is 14.3 Å². The zero-order valence-corrected chi connectivity index (χ0v) is 14.6.